The summed E-state index contributed by atoms with van der Waals surface area (Å²) in [6.07, 6.45) is 0.643. The molecular formula is C11H11F2N. The van der Waals surface area contributed by atoms with E-state index >= 15 is 0 Å². The average Bonchev–Trinajstić information content (AvgIpc) is 2.48. The van der Waals surface area contributed by atoms with Crippen molar-refractivity contribution in [3.8, 4) is 0 Å². The zero-order chi connectivity index (χ0) is 10.3. The molecule has 3 heteroatoms. The number of hydrogen-bond acceptors (Lipinski definition) is 1. The van der Waals surface area contributed by atoms with Gasteiger partial charge in [-0.25, -0.2) is 8.78 Å². The van der Waals surface area contributed by atoms with E-state index in [2.05, 4.69) is 4.99 Å². The van der Waals surface area contributed by atoms with Gasteiger partial charge in [-0.1, -0.05) is 13.8 Å². The number of aliphatic imine (C=N–C) groups is 1. The van der Waals surface area contributed by atoms with E-state index in [1.165, 1.54) is 12.1 Å². The summed E-state index contributed by atoms with van der Waals surface area (Å²) in [7, 11) is 0. The molecule has 0 atom stereocenters. The van der Waals surface area contributed by atoms with Gasteiger partial charge in [0.1, 0.15) is 0 Å². The fourth-order valence-corrected chi connectivity index (χ4v) is 1.55. The van der Waals surface area contributed by atoms with Gasteiger partial charge in [0, 0.05) is 18.2 Å². The Morgan fingerprint density at radius 1 is 1.21 bits per heavy atom. The molecule has 0 fully saturated rings. The van der Waals surface area contributed by atoms with Gasteiger partial charge in [0.05, 0.1) is 5.69 Å². The van der Waals surface area contributed by atoms with Crippen LogP contribution in [0.4, 0.5) is 14.5 Å². The summed E-state index contributed by atoms with van der Waals surface area (Å²) in [5.41, 5.74) is 2.35. The minimum Gasteiger partial charge on any atom is -0.257 e. The third-order valence-corrected chi connectivity index (χ3v) is 2.42. The number of hydrogen-bond donors (Lipinski definition) is 0. The van der Waals surface area contributed by atoms with Crippen molar-refractivity contribution in [1.82, 2.24) is 0 Å². The van der Waals surface area contributed by atoms with E-state index in [0.29, 0.717) is 18.0 Å². The third kappa shape index (κ3) is 1.43. The van der Waals surface area contributed by atoms with Crippen molar-refractivity contribution in [2.45, 2.75) is 20.3 Å². The molecule has 0 aliphatic carbocycles. The first-order valence-corrected chi connectivity index (χ1v) is 4.63. The molecule has 14 heavy (non-hydrogen) atoms. The lowest BCUT2D eigenvalue weighted by molar-refractivity contribution is 0.508. The number of rotatable bonds is 1. The van der Waals surface area contributed by atoms with E-state index in [1.54, 1.807) is 0 Å². The van der Waals surface area contributed by atoms with Crippen LogP contribution in [0, 0.1) is 17.6 Å². The maximum atomic E-state index is 12.9. The van der Waals surface area contributed by atoms with Crippen LogP contribution >= 0.6 is 0 Å². The summed E-state index contributed by atoms with van der Waals surface area (Å²) in [4.78, 5) is 4.26. The normalized spacial score (nSPS) is 14.5. The number of halogens is 2. The Labute approximate surface area is 81.5 Å². The van der Waals surface area contributed by atoms with Gasteiger partial charge < -0.3 is 0 Å². The molecule has 1 aromatic rings. The first kappa shape index (κ1) is 9.31. The highest BCUT2D eigenvalue weighted by molar-refractivity contribution is 5.95. The molecule has 0 radical (unpaired) electrons. The monoisotopic (exact) mass is 195 g/mol. The van der Waals surface area contributed by atoms with Crippen LogP contribution in [0.15, 0.2) is 17.1 Å². The van der Waals surface area contributed by atoms with Gasteiger partial charge in [-0.2, -0.15) is 0 Å². The van der Waals surface area contributed by atoms with Crippen LogP contribution in [0.1, 0.15) is 19.4 Å². The number of nitrogens with zero attached hydrogens (tertiary/aromatic N) is 1. The Bertz CT molecular complexity index is 408. The molecule has 2 rings (SSSR count). The van der Waals surface area contributed by atoms with Crippen molar-refractivity contribution >= 4 is 11.4 Å². The van der Waals surface area contributed by atoms with Gasteiger partial charge in [-0.05, 0) is 17.5 Å². The van der Waals surface area contributed by atoms with E-state index in [4.69, 9.17) is 0 Å². The largest absolute Gasteiger partial charge is 0.257 e. The van der Waals surface area contributed by atoms with Crippen LogP contribution in [0.3, 0.4) is 0 Å². The van der Waals surface area contributed by atoms with E-state index in [0.717, 1.165) is 11.3 Å². The van der Waals surface area contributed by atoms with Crippen LogP contribution in [0.2, 0.25) is 0 Å². The standard InChI is InChI=1S/C11H11F2N/c1-6(2)10-4-7-3-8(12)9(13)5-11(7)14-10/h3,5-6H,4H2,1-2H3. The first-order chi connectivity index (χ1) is 6.58. The van der Waals surface area contributed by atoms with Crippen LogP contribution in [0.25, 0.3) is 0 Å². The minimum atomic E-state index is -0.822. The highest BCUT2D eigenvalue weighted by atomic mass is 19.2. The summed E-state index contributed by atoms with van der Waals surface area (Å²) < 4.78 is 25.7. The Balaban J connectivity index is 2.42. The molecule has 1 aliphatic rings. The van der Waals surface area contributed by atoms with E-state index in [1.807, 2.05) is 13.8 Å². The lowest BCUT2D eigenvalue weighted by Crippen LogP contribution is -2.06. The van der Waals surface area contributed by atoms with Crippen molar-refractivity contribution in [2.75, 3.05) is 0 Å². The second kappa shape index (κ2) is 3.15. The molecular weight excluding hydrogens is 184 g/mol. The molecule has 1 nitrogen and oxygen atoms in total. The predicted octanol–water partition coefficient (Wildman–Crippen LogP) is 3.25. The fourth-order valence-electron chi connectivity index (χ4n) is 1.55. The Kier molecular flexibility index (Phi) is 2.10. The first-order valence-electron chi connectivity index (χ1n) is 4.63. The maximum absolute atomic E-state index is 12.9. The minimum absolute atomic E-state index is 0.327. The number of benzene rings is 1. The summed E-state index contributed by atoms with van der Waals surface area (Å²) in [6.45, 7) is 4.05. The van der Waals surface area contributed by atoms with Crippen LogP contribution in [-0.4, -0.2) is 5.71 Å². The predicted molar refractivity (Wildman–Crippen MR) is 52.0 cm³/mol. The molecule has 0 bridgehead atoms. The molecule has 1 aromatic carbocycles. The smallest absolute Gasteiger partial charge is 0.160 e. The van der Waals surface area contributed by atoms with Crippen LogP contribution < -0.4 is 0 Å². The zero-order valence-electron chi connectivity index (χ0n) is 8.14. The van der Waals surface area contributed by atoms with Crippen molar-refractivity contribution in [3.63, 3.8) is 0 Å². The fraction of sp³-hybridized carbons (Fsp3) is 0.364. The summed E-state index contributed by atoms with van der Waals surface area (Å²) in [5.74, 6) is -1.28. The topological polar surface area (TPSA) is 12.4 Å². The van der Waals surface area contributed by atoms with Gasteiger partial charge in [0.2, 0.25) is 0 Å². The molecule has 1 heterocycles. The van der Waals surface area contributed by atoms with Gasteiger partial charge in [0.15, 0.2) is 11.6 Å². The van der Waals surface area contributed by atoms with Crippen molar-refractivity contribution in [2.24, 2.45) is 10.9 Å². The van der Waals surface area contributed by atoms with Gasteiger partial charge in [-0.15, -0.1) is 0 Å². The van der Waals surface area contributed by atoms with E-state index < -0.39 is 11.6 Å². The van der Waals surface area contributed by atoms with Gasteiger partial charge in [-0.3, -0.25) is 4.99 Å². The molecule has 0 aromatic heterocycles. The molecule has 0 saturated carbocycles. The lowest BCUT2D eigenvalue weighted by Gasteiger charge is -2.01. The molecule has 74 valence electrons. The highest BCUT2D eigenvalue weighted by Crippen LogP contribution is 2.30. The van der Waals surface area contributed by atoms with Gasteiger partial charge >= 0.3 is 0 Å². The molecule has 0 saturated heterocycles. The highest BCUT2D eigenvalue weighted by Gasteiger charge is 2.19. The van der Waals surface area contributed by atoms with Crippen molar-refractivity contribution < 1.29 is 8.78 Å². The Hall–Kier alpha value is -1.25. The molecule has 0 unspecified atom stereocenters. The quantitative estimate of drug-likeness (QED) is 0.652. The Morgan fingerprint density at radius 3 is 2.50 bits per heavy atom. The molecule has 0 spiro atoms. The van der Waals surface area contributed by atoms with E-state index in [-0.39, 0.29) is 0 Å². The van der Waals surface area contributed by atoms with Gasteiger partial charge in [0.25, 0.3) is 0 Å². The molecule has 0 amide bonds. The average molecular weight is 195 g/mol. The second-order valence-corrected chi connectivity index (χ2v) is 3.83. The van der Waals surface area contributed by atoms with Crippen LogP contribution in [0.5, 0.6) is 0 Å². The van der Waals surface area contributed by atoms with Crippen molar-refractivity contribution in [1.29, 1.82) is 0 Å². The van der Waals surface area contributed by atoms with Crippen molar-refractivity contribution in [3.05, 3.63) is 29.3 Å². The summed E-state index contributed by atoms with van der Waals surface area (Å²) in [5, 5.41) is 0. The molecule has 1 aliphatic heterocycles. The third-order valence-electron chi connectivity index (χ3n) is 2.42. The SMILES string of the molecule is CC(C)C1=Nc2cc(F)c(F)cc2C1. The second-order valence-electron chi connectivity index (χ2n) is 3.83. The van der Waals surface area contributed by atoms with E-state index in [9.17, 15) is 8.78 Å². The van der Waals surface area contributed by atoms with Crippen LogP contribution in [-0.2, 0) is 6.42 Å². The maximum Gasteiger partial charge on any atom is 0.160 e. The summed E-state index contributed by atoms with van der Waals surface area (Å²) >= 11 is 0. The molecule has 0 N–H and O–H groups in total. The number of fused-ring (bicyclic) bond motifs is 1. The zero-order valence-corrected chi connectivity index (χ0v) is 8.14. The summed E-state index contributed by atoms with van der Waals surface area (Å²) in [6, 6.07) is 2.41. The Morgan fingerprint density at radius 2 is 1.86 bits per heavy atom. The lowest BCUT2D eigenvalue weighted by atomic mass is 10.0.